The summed E-state index contributed by atoms with van der Waals surface area (Å²) in [6, 6.07) is 5.60. The Bertz CT molecular complexity index is 635. The predicted octanol–water partition coefficient (Wildman–Crippen LogP) is 1.81. The van der Waals surface area contributed by atoms with Gasteiger partial charge in [0.2, 0.25) is 5.91 Å². The summed E-state index contributed by atoms with van der Waals surface area (Å²) in [6.45, 7) is 0. The number of rotatable bonds is 1. The number of aromatic nitrogens is 1. The van der Waals surface area contributed by atoms with Crippen LogP contribution in [0.3, 0.4) is 0 Å². The Hall–Kier alpha value is -1.53. The molecule has 1 aliphatic rings. The lowest BCUT2D eigenvalue weighted by Gasteiger charge is -2.01. The van der Waals surface area contributed by atoms with Crippen molar-refractivity contribution in [3.63, 3.8) is 0 Å². The van der Waals surface area contributed by atoms with E-state index in [2.05, 4.69) is 10.3 Å². The van der Waals surface area contributed by atoms with Crippen LogP contribution in [-0.2, 0) is 4.79 Å². The van der Waals surface area contributed by atoms with Crippen LogP contribution in [-0.4, -0.2) is 15.9 Å². The number of fused-ring (bicyclic) bond motifs is 1. The molecule has 1 unspecified atom stereocenters. The summed E-state index contributed by atoms with van der Waals surface area (Å²) in [7, 11) is 0. The fourth-order valence-electron chi connectivity index (χ4n) is 1.86. The molecule has 1 aromatic heterocycles. The summed E-state index contributed by atoms with van der Waals surface area (Å²) in [5.41, 5.74) is 7.35. The smallest absolute Gasteiger partial charge is 0.225 e. The lowest BCUT2D eigenvalue weighted by atomic mass is 10.1. The van der Waals surface area contributed by atoms with Crippen molar-refractivity contribution in [2.45, 2.75) is 12.3 Å². The van der Waals surface area contributed by atoms with Crippen molar-refractivity contribution in [2.75, 3.05) is 5.73 Å². The van der Waals surface area contributed by atoms with Gasteiger partial charge in [-0.3, -0.25) is 4.79 Å². The minimum absolute atomic E-state index is 0.0289. The second-order valence-electron chi connectivity index (χ2n) is 3.95. The van der Waals surface area contributed by atoms with E-state index in [-0.39, 0.29) is 11.8 Å². The first kappa shape index (κ1) is 10.6. The normalized spacial score (nSPS) is 19.9. The minimum atomic E-state index is -0.0730. The Balaban J connectivity index is 2.06. The molecule has 4 nitrogen and oxygen atoms in total. The standard InChI is InChI=1S/C11H9N3OS2/c12-5-1-2-7-8(3-5)17-11(13-7)6-4-9(15)14-10(6)16/h1-3,6H,4,12H2,(H,14,15,16). The summed E-state index contributed by atoms with van der Waals surface area (Å²) in [5.74, 6) is -0.102. The van der Waals surface area contributed by atoms with Crippen molar-refractivity contribution < 1.29 is 4.79 Å². The molecule has 0 saturated carbocycles. The molecule has 86 valence electrons. The van der Waals surface area contributed by atoms with E-state index in [0.717, 1.165) is 20.9 Å². The van der Waals surface area contributed by atoms with Gasteiger partial charge in [-0.05, 0) is 18.2 Å². The minimum Gasteiger partial charge on any atom is -0.399 e. The van der Waals surface area contributed by atoms with Crippen LogP contribution in [0.25, 0.3) is 10.2 Å². The van der Waals surface area contributed by atoms with Crippen LogP contribution >= 0.6 is 23.6 Å². The topological polar surface area (TPSA) is 68.0 Å². The molecular formula is C11H9N3OS2. The Morgan fingerprint density at radius 1 is 1.53 bits per heavy atom. The van der Waals surface area contributed by atoms with Crippen LogP contribution in [0.1, 0.15) is 17.3 Å². The van der Waals surface area contributed by atoms with E-state index in [0.29, 0.717) is 11.4 Å². The van der Waals surface area contributed by atoms with E-state index in [4.69, 9.17) is 18.0 Å². The van der Waals surface area contributed by atoms with E-state index in [1.807, 2.05) is 18.2 Å². The number of nitrogen functional groups attached to an aromatic ring is 1. The van der Waals surface area contributed by atoms with Crippen LogP contribution in [0.15, 0.2) is 18.2 Å². The largest absolute Gasteiger partial charge is 0.399 e. The highest BCUT2D eigenvalue weighted by molar-refractivity contribution is 7.80. The van der Waals surface area contributed by atoms with Gasteiger partial charge in [-0.2, -0.15) is 0 Å². The highest BCUT2D eigenvalue weighted by atomic mass is 32.1. The van der Waals surface area contributed by atoms with Gasteiger partial charge in [0.1, 0.15) is 5.01 Å². The van der Waals surface area contributed by atoms with E-state index in [1.54, 1.807) is 11.3 Å². The van der Waals surface area contributed by atoms with E-state index in [9.17, 15) is 4.79 Å². The maximum Gasteiger partial charge on any atom is 0.225 e. The molecule has 2 heterocycles. The number of hydrogen-bond donors (Lipinski definition) is 2. The molecule has 17 heavy (non-hydrogen) atoms. The van der Waals surface area contributed by atoms with E-state index < -0.39 is 0 Å². The van der Waals surface area contributed by atoms with Gasteiger partial charge in [0, 0.05) is 12.1 Å². The Kier molecular flexibility index (Phi) is 2.34. The third-order valence-corrected chi connectivity index (χ3v) is 4.21. The molecule has 1 fully saturated rings. The van der Waals surface area contributed by atoms with Crippen LogP contribution < -0.4 is 11.1 Å². The number of nitrogens with zero attached hydrogens (tertiary/aromatic N) is 1. The van der Waals surface area contributed by atoms with Crippen LogP contribution in [0.5, 0.6) is 0 Å². The van der Waals surface area contributed by atoms with E-state index in [1.165, 1.54) is 0 Å². The summed E-state index contributed by atoms with van der Waals surface area (Å²) in [5, 5.41) is 3.54. The lowest BCUT2D eigenvalue weighted by Crippen LogP contribution is -2.19. The third kappa shape index (κ3) is 1.79. The molecule has 0 spiro atoms. The van der Waals surface area contributed by atoms with Gasteiger partial charge < -0.3 is 11.1 Å². The van der Waals surface area contributed by atoms with Gasteiger partial charge >= 0.3 is 0 Å². The molecule has 3 N–H and O–H groups in total. The summed E-state index contributed by atoms with van der Waals surface area (Å²) < 4.78 is 1.03. The van der Waals surface area contributed by atoms with Gasteiger partial charge in [0.05, 0.1) is 21.1 Å². The average Bonchev–Trinajstić information content (AvgIpc) is 2.80. The monoisotopic (exact) mass is 263 g/mol. The zero-order chi connectivity index (χ0) is 12.0. The number of anilines is 1. The fourth-order valence-corrected chi connectivity index (χ4v) is 3.37. The Morgan fingerprint density at radius 2 is 2.35 bits per heavy atom. The number of thiocarbonyl (C=S) groups is 1. The van der Waals surface area contributed by atoms with Crippen molar-refractivity contribution in [3.8, 4) is 0 Å². The first-order valence-electron chi connectivity index (χ1n) is 5.13. The second-order valence-corrected chi connectivity index (χ2v) is 5.45. The number of carbonyl (C=O) groups is 1. The highest BCUT2D eigenvalue weighted by Gasteiger charge is 2.30. The molecule has 1 aromatic carbocycles. The molecule has 1 aliphatic heterocycles. The van der Waals surface area contributed by atoms with Crippen molar-refractivity contribution >= 4 is 50.4 Å². The molecular weight excluding hydrogens is 254 g/mol. The van der Waals surface area contributed by atoms with Gasteiger partial charge in [-0.1, -0.05) is 12.2 Å². The zero-order valence-corrected chi connectivity index (χ0v) is 10.4. The first-order valence-corrected chi connectivity index (χ1v) is 6.35. The van der Waals surface area contributed by atoms with Crippen molar-refractivity contribution in [1.82, 2.24) is 10.3 Å². The molecule has 6 heteroatoms. The predicted molar refractivity (Wildman–Crippen MR) is 72.1 cm³/mol. The first-order chi connectivity index (χ1) is 8.13. The van der Waals surface area contributed by atoms with Gasteiger partial charge in [0.15, 0.2) is 0 Å². The van der Waals surface area contributed by atoms with E-state index >= 15 is 0 Å². The maximum absolute atomic E-state index is 11.3. The highest BCUT2D eigenvalue weighted by Crippen LogP contribution is 2.33. The van der Waals surface area contributed by atoms with Crippen LogP contribution in [0.4, 0.5) is 5.69 Å². The van der Waals surface area contributed by atoms with Gasteiger partial charge in [-0.25, -0.2) is 4.98 Å². The second kappa shape index (κ2) is 3.75. The number of hydrogen-bond acceptors (Lipinski definition) is 5. The number of thiazole rings is 1. The molecule has 0 aliphatic carbocycles. The summed E-state index contributed by atoms with van der Waals surface area (Å²) >= 11 is 6.68. The number of amides is 1. The quantitative estimate of drug-likeness (QED) is 0.608. The van der Waals surface area contributed by atoms with Crippen molar-refractivity contribution in [3.05, 3.63) is 23.2 Å². The molecule has 0 bridgehead atoms. The summed E-state index contributed by atoms with van der Waals surface area (Å²) in [4.78, 5) is 16.3. The molecule has 1 saturated heterocycles. The third-order valence-electron chi connectivity index (χ3n) is 2.70. The molecule has 1 amide bonds. The number of nitrogens with two attached hydrogens (primary N) is 1. The molecule has 2 aromatic rings. The SMILES string of the molecule is Nc1ccc2nc(C3CC(=O)NC3=S)sc2c1. The molecule has 3 rings (SSSR count). The number of carbonyl (C=O) groups excluding carboxylic acids is 1. The van der Waals surface area contributed by atoms with Crippen molar-refractivity contribution in [1.29, 1.82) is 0 Å². The van der Waals surface area contributed by atoms with Crippen molar-refractivity contribution in [2.24, 2.45) is 0 Å². The fraction of sp³-hybridized carbons (Fsp3) is 0.182. The summed E-state index contributed by atoms with van der Waals surface area (Å²) in [6.07, 6.45) is 0.397. The van der Waals surface area contributed by atoms with Gasteiger partial charge in [0.25, 0.3) is 0 Å². The Labute approximate surface area is 107 Å². The lowest BCUT2D eigenvalue weighted by molar-refractivity contribution is -0.118. The van der Waals surface area contributed by atoms with Gasteiger partial charge in [-0.15, -0.1) is 11.3 Å². The maximum atomic E-state index is 11.3. The number of nitrogens with one attached hydrogen (secondary N) is 1. The average molecular weight is 263 g/mol. The number of benzene rings is 1. The molecule has 0 radical (unpaired) electrons. The van der Waals surface area contributed by atoms with Crippen LogP contribution in [0.2, 0.25) is 0 Å². The zero-order valence-electron chi connectivity index (χ0n) is 8.77. The Morgan fingerprint density at radius 3 is 3.06 bits per heavy atom. The molecule has 1 atom stereocenters. The van der Waals surface area contributed by atoms with Crippen LogP contribution in [0, 0.1) is 0 Å².